The molecule has 1 aromatic rings. The van der Waals surface area contributed by atoms with Crippen LogP contribution in [0.15, 0.2) is 18.2 Å². The van der Waals surface area contributed by atoms with Crippen LogP contribution in [0, 0.1) is 0 Å². The van der Waals surface area contributed by atoms with Crippen molar-refractivity contribution in [2.45, 2.75) is 24.9 Å². The van der Waals surface area contributed by atoms with Gasteiger partial charge in [-0.05, 0) is 42.6 Å². The van der Waals surface area contributed by atoms with E-state index in [4.69, 9.17) is 28.9 Å². The minimum atomic E-state index is -4.24. The molecule has 1 nitrogen and oxygen atoms in total. The van der Waals surface area contributed by atoms with E-state index in [1.165, 1.54) is 12.1 Å². The average molecular weight is 286 g/mol. The number of halogens is 5. The maximum Gasteiger partial charge on any atom is 0.389 e. The van der Waals surface area contributed by atoms with Gasteiger partial charge in [0, 0.05) is 10.0 Å². The zero-order valence-corrected chi connectivity index (χ0v) is 10.4. The van der Waals surface area contributed by atoms with Crippen molar-refractivity contribution in [3.05, 3.63) is 33.8 Å². The van der Waals surface area contributed by atoms with Crippen LogP contribution in [0.3, 0.4) is 0 Å². The Hall–Kier alpha value is -0.450. The van der Waals surface area contributed by atoms with Crippen LogP contribution in [0.5, 0.6) is 0 Å². The zero-order valence-electron chi connectivity index (χ0n) is 8.90. The Morgan fingerprint density at radius 1 is 1.24 bits per heavy atom. The quantitative estimate of drug-likeness (QED) is 0.873. The first kappa shape index (κ1) is 14.6. The predicted molar refractivity (Wildman–Crippen MR) is 63.5 cm³/mol. The van der Waals surface area contributed by atoms with Gasteiger partial charge < -0.3 is 5.73 Å². The maximum atomic E-state index is 12.4. The van der Waals surface area contributed by atoms with Gasteiger partial charge in [-0.15, -0.1) is 0 Å². The fraction of sp³-hybridized carbons (Fsp3) is 0.455. The molecule has 1 aromatic carbocycles. The number of hydrogen-bond acceptors (Lipinski definition) is 1. The van der Waals surface area contributed by atoms with Crippen molar-refractivity contribution < 1.29 is 13.2 Å². The lowest BCUT2D eigenvalue weighted by atomic mass is 9.92. The molecule has 0 aromatic heterocycles. The summed E-state index contributed by atoms with van der Waals surface area (Å²) in [6.07, 6.45) is -4.96. The molecule has 0 spiro atoms. The van der Waals surface area contributed by atoms with Gasteiger partial charge in [0.1, 0.15) is 0 Å². The Morgan fingerprint density at radius 2 is 1.88 bits per heavy atom. The normalized spacial score (nSPS) is 13.8. The van der Waals surface area contributed by atoms with Crippen molar-refractivity contribution in [2.24, 2.45) is 5.73 Å². The first-order chi connectivity index (χ1) is 7.83. The Morgan fingerprint density at radius 3 is 2.41 bits per heavy atom. The van der Waals surface area contributed by atoms with Crippen molar-refractivity contribution in [1.82, 2.24) is 0 Å². The third-order valence-corrected chi connectivity index (χ3v) is 2.97. The first-order valence-corrected chi connectivity index (χ1v) is 5.81. The van der Waals surface area contributed by atoms with Crippen LogP contribution in [0.2, 0.25) is 10.0 Å². The third-order valence-electron chi connectivity index (χ3n) is 2.39. The summed E-state index contributed by atoms with van der Waals surface area (Å²) in [5.74, 6) is -0.744. The number of nitrogens with two attached hydrogens (primary N) is 1. The lowest BCUT2D eigenvalue weighted by Gasteiger charge is -2.19. The second-order valence-electron chi connectivity index (χ2n) is 3.76. The minimum absolute atomic E-state index is 0.170. The predicted octanol–water partition coefficient (Wildman–Crippen LogP) is 4.38. The van der Waals surface area contributed by atoms with Gasteiger partial charge in [0.05, 0.1) is 6.42 Å². The fourth-order valence-electron chi connectivity index (χ4n) is 1.68. The highest BCUT2D eigenvalue weighted by molar-refractivity contribution is 6.33. The summed E-state index contributed by atoms with van der Waals surface area (Å²) in [5, 5.41) is 0.658. The van der Waals surface area contributed by atoms with E-state index in [9.17, 15) is 13.2 Å². The summed E-state index contributed by atoms with van der Waals surface area (Å²) in [4.78, 5) is 0. The molecule has 0 aliphatic heterocycles. The molecule has 0 aliphatic rings. The highest BCUT2D eigenvalue weighted by Crippen LogP contribution is 2.37. The summed E-state index contributed by atoms with van der Waals surface area (Å²) in [5.41, 5.74) is 5.73. The molecule has 1 atom stereocenters. The van der Waals surface area contributed by atoms with E-state index < -0.39 is 18.5 Å². The van der Waals surface area contributed by atoms with Crippen LogP contribution in [-0.4, -0.2) is 12.7 Å². The molecule has 6 heteroatoms. The number of benzene rings is 1. The number of alkyl halides is 3. The molecular formula is C11H12Cl2F3N. The first-order valence-electron chi connectivity index (χ1n) is 5.05. The lowest BCUT2D eigenvalue weighted by Crippen LogP contribution is -2.17. The molecule has 0 saturated carbocycles. The summed E-state index contributed by atoms with van der Waals surface area (Å²) < 4.78 is 37.3. The van der Waals surface area contributed by atoms with Gasteiger partial charge >= 0.3 is 6.18 Å². The fourth-order valence-corrected chi connectivity index (χ4v) is 2.13. The van der Waals surface area contributed by atoms with Crippen molar-refractivity contribution in [3.63, 3.8) is 0 Å². The Kier molecular flexibility index (Phi) is 5.10. The molecule has 0 saturated heterocycles. The molecule has 0 amide bonds. The molecule has 0 aliphatic carbocycles. The molecule has 0 radical (unpaired) electrons. The highest BCUT2D eigenvalue weighted by atomic mass is 35.5. The minimum Gasteiger partial charge on any atom is -0.330 e. The average Bonchev–Trinajstić information content (AvgIpc) is 2.19. The smallest absolute Gasteiger partial charge is 0.330 e. The summed E-state index contributed by atoms with van der Waals surface area (Å²) in [6, 6.07) is 4.51. The zero-order chi connectivity index (χ0) is 13.1. The van der Waals surface area contributed by atoms with Gasteiger partial charge in [-0.25, -0.2) is 0 Å². The highest BCUT2D eigenvalue weighted by Gasteiger charge is 2.33. The summed E-state index contributed by atoms with van der Waals surface area (Å²) >= 11 is 11.6. The summed E-state index contributed by atoms with van der Waals surface area (Å²) in [7, 11) is 0. The largest absolute Gasteiger partial charge is 0.389 e. The summed E-state index contributed by atoms with van der Waals surface area (Å²) in [6.45, 7) is 0.170. The van der Waals surface area contributed by atoms with E-state index in [1.807, 2.05) is 0 Å². The van der Waals surface area contributed by atoms with E-state index in [0.29, 0.717) is 10.6 Å². The molecule has 96 valence electrons. The van der Waals surface area contributed by atoms with Crippen LogP contribution in [0.1, 0.15) is 24.3 Å². The molecule has 17 heavy (non-hydrogen) atoms. The molecule has 0 heterocycles. The van der Waals surface area contributed by atoms with Gasteiger partial charge in [0.15, 0.2) is 0 Å². The van der Waals surface area contributed by atoms with Gasteiger partial charge in [0.2, 0.25) is 0 Å². The van der Waals surface area contributed by atoms with Crippen LogP contribution in [0.25, 0.3) is 0 Å². The van der Waals surface area contributed by atoms with Crippen LogP contribution in [-0.2, 0) is 0 Å². The molecule has 1 unspecified atom stereocenters. The van der Waals surface area contributed by atoms with E-state index in [1.54, 1.807) is 6.07 Å². The van der Waals surface area contributed by atoms with Gasteiger partial charge in [0.25, 0.3) is 0 Å². The van der Waals surface area contributed by atoms with E-state index in [-0.39, 0.29) is 18.0 Å². The molecule has 1 rings (SSSR count). The molecular weight excluding hydrogens is 274 g/mol. The molecule has 0 bridgehead atoms. The monoisotopic (exact) mass is 285 g/mol. The van der Waals surface area contributed by atoms with E-state index in [2.05, 4.69) is 0 Å². The standard InChI is InChI=1S/C11H12Cl2F3N/c12-8-1-2-10(13)9(5-8)7(3-4-17)6-11(14,15)16/h1-2,5,7H,3-4,6,17H2. The topological polar surface area (TPSA) is 26.0 Å². The Balaban J connectivity index is 3.00. The van der Waals surface area contributed by atoms with Crippen LogP contribution >= 0.6 is 23.2 Å². The molecule has 0 fully saturated rings. The number of hydrogen-bond donors (Lipinski definition) is 1. The second kappa shape index (κ2) is 5.94. The van der Waals surface area contributed by atoms with Crippen molar-refractivity contribution in [3.8, 4) is 0 Å². The van der Waals surface area contributed by atoms with E-state index >= 15 is 0 Å². The second-order valence-corrected chi connectivity index (χ2v) is 4.60. The maximum absolute atomic E-state index is 12.4. The van der Waals surface area contributed by atoms with Crippen LogP contribution in [0.4, 0.5) is 13.2 Å². The lowest BCUT2D eigenvalue weighted by molar-refractivity contribution is -0.139. The van der Waals surface area contributed by atoms with Crippen molar-refractivity contribution in [2.75, 3.05) is 6.54 Å². The van der Waals surface area contributed by atoms with Crippen molar-refractivity contribution >= 4 is 23.2 Å². The number of rotatable bonds is 4. The van der Waals surface area contributed by atoms with Gasteiger partial charge in [-0.1, -0.05) is 23.2 Å². The van der Waals surface area contributed by atoms with Gasteiger partial charge in [-0.2, -0.15) is 13.2 Å². The Bertz CT molecular complexity index is 379. The van der Waals surface area contributed by atoms with Crippen molar-refractivity contribution in [1.29, 1.82) is 0 Å². The molecule has 2 N–H and O–H groups in total. The van der Waals surface area contributed by atoms with Gasteiger partial charge in [-0.3, -0.25) is 0 Å². The van der Waals surface area contributed by atoms with E-state index in [0.717, 1.165) is 0 Å². The Labute approximate surface area is 108 Å². The third kappa shape index (κ3) is 4.74. The van der Waals surface area contributed by atoms with Crippen LogP contribution < -0.4 is 5.73 Å². The SMILES string of the molecule is NCCC(CC(F)(F)F)c1cc(Cl)ccc1Cl.